The number of anilines is 2. The van der Waals surface area contributed by atoms with Gasteiger partial charge in [-0.1, -0.05) is 0 Å². The first-order chi connectivity index (χ1) is 7.88. The summed E-state index contributed by atoms with van der Waals surface area (Å²) in [6.45, 7) is -1.25. The number of hydrazine groups is 1. The Morgan fingerprint density at radius 1 is 1.35 bits per heavy atom. The number of rotatable bonds is 5. The van der Waals surface area contributed by atoms with Crippen LogP contribution in [0, 0.1) is 0 Å². The molecular weight excluding hydrogens is 310 g/mol. The van der Waals surface area contributed by atoms with E-state index in [1.54, 1.807) is 0 Å². The SMILES string of the molecule is NNc1ncnc(NCC(F)(F)C(F)F)c1Br. The van der Waals surface area contributed by atoms with Crippen LogP contribution < -0.4 is 16.6 Å². The second kappa shape index (κ2) is 5.45. The third-order valence-electron chi connectivity index (χ3n) is 1.74. The largest absolute Gasteiger partial charge is 0.363 e. The van der Waals surface area contributed by atoms with E-state index in [0.717, 1.165) is 6.33 Å². The van der Waals surface area contributed by atoms with Crippen molar-refractivity contribution in [3.05, 3.63) is 10.8 Å². The molecule has 0 amide bonds. The minimum atomic E-state index is -4.14. The van der Waals surface area contributed by atoms with Gasteiger partial charge in [0, 0.05) is 0 Å². The molecule has 0 atom stereocenters. The molecule has 0 aliphatic rings. The van der Waals surface area contributed by atoms with E-state index in [4.69, 9.17) is 5.84 Å². The molecule has 0 radical (unpaired) electrons. The molecular formula is C7H8BrF4N5. The summed E-state index contributed by atoms with van der Waals surface area (Å²) in [6, 6.07) is 0. The number of hydrogen-bond donors (Lipinski definition) is 3. The summed E-state index contributed by atoms with van der Waals surface area (Å²) in [6.07, 6.45) is -2.70. The van der Waals surface area contributed by atoms with Gasteiger partial charge in [-0.15, -0.1) is 0 Å². The fourth-order valence-corrected chi connectivity index (χ4v) is 1.33. The molecule has 0 bridgehead atoms. The van der Waals surface area contributed by atoms with E-state index in [1.165, 1.54) is 0 Å². The first-order valence-corrected chi connectivity index (χ1v) is 5.04. The predicted octanol–water partition coefficient (Wildman–Crippen LogP) is 1.84. The van der Waals surface area contributed by atoms with Gasteiger partial charge in [-0.05, 0) is 15.9 Å². The van der Waals surface area contributed by atoms with Gasteiger partial charge in [-0.3, -0.25) is 0 Å². The standard InChI is InChI=1S/C7H8BrF4N5/c8-3-4(15-2-16-5(3)17-13)14-1-7(11,12)6(9)10/h2,6H,1,13H2,(H2,14,15,16,17). The Balaban J connectivity index is 2.76. The average molecular weight is 318 g/mol. The number of halogens is 5. The van der Waals surface area contributed by atoms with E-state index >= 15 is 0 Å². The van der Waals surface area contributed by atoms with Crippen LogP contribution in [-0.4, -0.2) is 28.9 Å². The molecule has 0 unspecified atom stereocenters. The quantitative estimate of drug-likeness (QED) is 0.439. The maximum atomic E-state index is 12.6. The van der Waals surface area contributed by atoms with Crippen molar-refractivity contribution in [2.75, 3.05) is 17.3 Å². The van der Waals surface area contributed by atoms with Gasteiger partial charge in [-0.2, -0.15) is 8.78 Å². The van der Waals surface area contributed by atoms with Crippen LogP contribution in [0.3, 0.4) is 0 Å². The summed E-state index contributed by atoms with van der Waals surface area (Å²) in [5, 5.41) is 2.09. The van der Waals surface area contributed by atoms with Crippen LogP contribution in [-0.2, 0) is 0 Å². The first kappa shape index (κ1) is 13.9. The van der Waals surface area contributed by atoms with E-state index in [-0.39, 0.29) is 16.1 Å². The van der Waals surface area contributed by atoms with Crippen LogP contribution in [0.25, 0.3) is 0 Å². The molecule has 1 heterocycles. The maximum Gasteiger partial charge on any atom is 0.324 e. The molecule has 0 aromatic carbocycles. The topological polar surface area (TPSA) is 75.9 Å². The molecule has 4 N–H and O–H groups in total. The van der Waals surface area contributed by atoms with Gasteiger partial charge in [0.2, 0.25) is 0 Å². The van der Waals surface area contributed by atoms with E-state index < -0.39 is 18.9 Å². The third-order valence-corrected chi connectivity index (χ3v) is 2.49. The van der Waals surface area contributed by atoms with Crippen molar-refractivity contribution in [2.24, 2.45) is 5.84 Å². The fourth-order valence-electron chi connectivity index (χ4n) is 0.872. The van der Waals surface area contributed by atoms with Crippen LogP contribution >= 0.6 is 15.9 Å². The first-order valence-electron chi connectivity index (χ1n) is 4.25. The molecule has 17 heavy (non-hydrogen) atoms. The highest BCUT2D eigenvalue weighted by molar-refractivity contribution is 9.10. The zero-order valence-corrected chi connectivity index (χ0v) is 9.81. The normalized spacial score (nSPS) is 11.7. The van der Waals surface area contributed by atoms with Gasteiger partial charge in [0.1, 0.15) is 16.6 Å². The highest BCUT2D eigenvalue weighted by atomic mass is 79.9. The van der Waals surface area contributed by atoms with Crippen molar-refractivity contribution in [1.29, 1.82) is 0 Å². The summed E-state index contributed by atoms with van der Waals surface area (Å²) in [5.41, 5.74) is 2.18. The number of aromatic nitrogens is 2. The van der Waals surface area contributed by atoms with Gasteiger partial charge >= 0.3 is 12.3 Å². The zero-order chi connectivity index (χ0) is 13.1. The minimum absolute atomic E-state index is 0.0618. The van der Waals surface area contributed by atoms with Gasteiger partial charge in [-0.25, -0.2) is 24.6 Å². The van der Waals surface area contributed by atoms with Crippen LogP contribution in [0.4, 0.5) is 29.2 Å². The molecule has 0 aliphatic carbocycles. The summed E-state index contributed by atoms with van der Waals surface area (Å²) in [5.74, 6) is 1.03. The number of nitrogens with zero attached hydrogens (tertiary/aromatic N) is 2. The van der Waals surface area contributed by atoms with Crippen LogP contribution in [0.5, 0.6) is 0 Å². The van der Waals surface area contributed by atoms with Gasteiger partial charge < -0.3 is 10.7 Å². The molecule has 0 fully saturated rings. The Labute approximate surface area is 102 Å². The van der Waals surface area contributed by atoms with Crippen molar-refractivity contribution < 1.29 is 17.6 Å². The lowest BCUT2D eigenvalue weighted by Gasteiger charge is -2.17. The Bertz CT molecular complexity index is 389. The average Bonchev–Trinajstić information content (AvgIpc) is 2.27. The molecule has 0 spiro atoms. The lowest BCUT2D eigenvalue weighted by molar-refractivity contribution is -0.117. The van der Waals surface area contributed by atoms with Crippen molar-refractivity contribution in [3.63, 3.8) is 0 Å². The van der Waals surface area contributed by atoms with Crippen molar-refractivity contribution in [2.45, 2.75) is 12.3 Å². The highest BCUT2D eigenvalue weighted by Crippen LogP contribution is 2.28. The van der Waals surface area contributed by atoms with Gasteiger partial charge in [0.05, 0.1) is 6.54 Å². The minimum Gasteiger partial charge on any atom is -0.363 e. The van der Waals surface area contributed by atoms with E-state index in [2.05, 4.69) is 36.6 Å². The van der Waals surface area contributed by atoms with Crippen molar-refractivity contribution in [1.82, 2.24) is 9.97 Å². The molecule has 1 aromatic heterocycles. The summed E-state index contributed by atoms with van der Waals surface area (Å²) in [4.78, 5) is 7.27. The maximum absolute atomic E-state index is 12.6. The Hall–Kier alpha value is -1.16. The molecule has 5 nitrogen and oxygen atoms in total. The molecule has 96 valence electrons. The molecule has 1 aromatic rings. The number of nitrogen functional groups attached to an aromatic ring is 1. The van der Waals surface area contributed by atoms with Gasteiger partial charge in [0.15, 0.2) is 5.82 Å². The molecule has 10 heteroatoms. The Morgan fingerprint density at radius 2 is 1.94 bits per heavy atom. The highest BCUT2D eigenvalue weighted by Gasteiger charge is 2.40. The monoisotopic (exact) mass is 317 g/mol. The zero-order valence-electron chi connectivity index (χ0n) is 8.22. The van der Waals surface area contributed by atoms with Crippen molar-refractivity contribution in [3.8, 4) is 0 Å². The lowest BCUT2D eigenvalue weighted by atomic mass is 10.3. The van der Waals surface area contributed by atoms with E-state index in [1.807, 2.05) is 0 Å². The number of hydrogen-bond acceptors (Lipinski definition) is 5. The Morgan fingerprint density at radius 3 is 2.47 bits per heavy atom. The lowest BCUT2D eigenvalue weighted by Crippen LogP contribution is -2.35. The molecule has 1 rings (SSSR count). The van der Waals surface area contributed by atoms with E-state index in [0.29, 0.717) is 0 Å². The second-order valence-electron chi connectivity index (χ2n) is 2.94. The number of nitrogens with two attached hydrogens (primary N) is 1. The van der Waals surface area contributed by atoms with Crippen LogP contribution in [0.15, 0.2) is 10.8 Å². The predicted molar refractivity (Wildman–Crippen MR) is 57.0 cm³/mol. The second-order valence-corrected chi connectivity index (χ2v) is 3.74. The van der Waals surface area contributed by atoms with E-state index in [9.17, 15) is 17.6 Å². The number of alkyl halides is 4. The summed E-state index contributed by atoms with van der Waals surface area (Å²) >= 11 is 2.98. The Kier molecular flexibility index (Phi) is 4.46. The van der Waals surface area contributed by atoms with Crippen LogP contribution in [0.2, 0.25) is 0 Å². The molecule has 0 aliphatic heterocycles. The van der Waals surface area contributed by atoms with Crippen LogP contribution in [0.1, 0.15) is 0 Å². The molecule has 0 saturated carbocycles. The summed E-state index contributed by atoms with van der Waals surface area (Å²) < 4.78 is 49.2. The number of nitrogens with one attached hydrogen (secondary N) is 2. The smallest absolute Gasteiger partial charge is 0.324 e. The molecule has 0 saturated heterocycles. The van der Waals surface area contributed by atoms with Crippen molar-refractivity contribution >= 4 is 27.6 Å². The van der Waals surface area contributed by atoms with Gasteiger partial charge in [0.25, 0.3) is 0 Å². The summed E-state index contributed by atoms with van der Waals surface area (Å²) in [7, 11) is 0. The fraction of sp³-hybridized carbons (Fsp3) is 0.429. The third kappa shape index (κ3) is 3.40.